The maximum Gasteiger partial charge on any atom is 0.219 e. The van der Waals surface area contributed by atoms with Crippen molar-refractivity contribution in [2.24, 2.45) is 0 Å². The summed E-state index contributed by atoms with van der Waals surface area (Å²) in [5.74, 6) is 1.39. The Kier molecular flexibility index (Phi) is 4.73. The van der Waals surface area contributed by atoms with Gasteiger partial charge in [0.1, 0.15) is 5.75 Å². The summed E-state index contributed by atoms with van der Waals surface area (Å²) in [5, 5.41) is 3.27. The molecule has 18 heavy (non-hydrogen) atoms. The van der Waals surface area contributed by atoms with Crippen LogP contribution in [0.1, 0.15) is 12.5 Å². The highest BCUT2D eigenvalue weighted by Crippen LogP contribution is 2.23. The van der Waals surface area contributed by atoms with Gasteiger partial charge in [0.25, 0.3) is 0 Å². The number of rotatable bonds is 5. The number of pyridine rings is 1. The molecule has 0 fully saturated rings. The molecule has 0 spiro atoms. The third-order valence-electron chi connectivity index (χ3n) is 2.40. The lowest BCUT2D eigenvalue weighted by Crippen LogP contribution is -2.11. The summed E-state index contributed by atoms with van der Waals surface area (Å²) < 4.78 is 6.70. The van der Waals surface area contributed by atoms with Crippen molar-refractivity contribution in [3.8, 4) is 11.6 Å². The molecular formula is C14H15BrN2O. The van der Waals surface area contributed by atoms with Crippen LogP contribution in [-0.4, -0.2) is 11.5 Å². The molecule has 1 aromatic carbocycles. The molecule has 3 nitrogen and oxygen atoms in total. The van der Waals surface area contributed by atoms with Crippen molar-refractivity contribution in [2.75, 3.05) is 6.54 Å². The quantitative estimate of drug-likeness (QED) is 0.913. The maximum absolute atomic E-state index is 5.71. The molecule has 0 atom stereocenters. The smallest absolute Gasteiger partial charge is 0.219 e. The van der Waals surface area contributed by atoms with E-state index in [9.17, 15) is 0 Å². The second-order valence-corrected chi connectivity index (χ2v) is 4.76. The summed E-state index contributed by atoms with van der Waals surface area (Å²) in [6, 6.07) is 11.6. The van der Waals surface area contributed by atoms with Crippen LogP contribution < -0.4 is 10.1 Å². The third kappa shape index (κ3) is 3.82. The lowest BCUT2D eigenvalue weighted by molar-refractivity contribution is 0.461. The number of benzene rings is 1. The normalized spacial score (nSPS) is 10.3. The number of nitrogens with one attached hydrogen (secondary N) is 1. The SMILES string of the molecule is CCNCc1ccnc(Oc2cccc(Br)c2)c1. The highest BCUT2D eigenvalue weighted by Gasteiger charge is 2.00. The fourth-order valence-electron chi connectivity index (χ4n) is 1.54. The molecule has 0 saturated carbocycles. The number of hydrogen-bond donors (Lipinski definition) is 1. The number of nitrogens with zero attached hydrogens (tertiary/aromatic N) is 1. The molecule has 0 aliphatic rings. The van der Waals surface area contributed by atoms with E-state index >= 15 is 0 Å². The highest BCUT2D eigenvalue weighted by atomic mass is 79.9. The number of aromatic nitrogens is 1. The van der Waals surface area contributed by atoms with Gasteiger partial charge in [0.15, 0.2) is 0 Å². The summed E-state index contributed by atoms with van der Waals surface area (Å²) in [6.45, 7) is 3.86. The number of hydrogen-bond acceptors (Lipinski definition) is 3. The molecule has 4 heteroatoms. The topological polar surface area (TPSA) is 34.2 Å². The van der Waals surface area contributed by atoms with Crippen LogP contribution in [0.5, 0.6) is 11.6 Å². The van der Waals surface area contributed by atoms with E-state index in [-0.39, 0.29) is 0 Å². The zero-order chi connectivity index (χ0) is 12.8. The Labute approximate surface area is 115 Å². The molecule has 0 radical (unpaired) electrons. The minimum atomic E-state index is 0.614. The Hall–Kier alpha value is -1.39. The van der Waals surface area contributed by atoms with Gasteiger partial charge in [-0.3, -0.25) is 0 Å². The van der Waals surface area contributed by atoms with E-state index < -0.39 is 0 Å². The van der Waals surface area contributed by atoms with Crippen LogP contribution in [-0.2, 0) is 6.54 Å². The molecule has 0 amide bonds. The van der Waals surface area contributed by atoms with Gasteiger partial charge < -0.3 is 10.1 Å². The van der Waals surface area contributed by atoms with Crippen molar-refractivity contribution in [1.82, 2.24) is 10.3 Å². The average molecular weight is 307 g/mol. The number of halogens is 1. The first-order valence-electron chi connectivity index (χ1n) is 5.87. The first-order valence-corrected chi connectivity index (χ1v) is 6.66. The molecule has 2 rings (SSSR count). The first kappa shape index (κ1) is 13.1. The summed E-state index contributed by atoms with van der Waals surface area (Å²) >= 11 is 3.41. The van der Waals surface area contributed by atoms with Gasteiger partial charge in [-0.15, -0.1) is 0 Å². The van der Waals surface area contributed by atoms with Crippen LogP contribution in [0.15, 0.2) is 47.1 Å². The van der Waals surface area contributed by atoms with Crippen LogP contribution in [0.25, 0.3) is 0 Å². The molecule has 2 aromatic rings. The van der Waals surface area contributed by atoms with Crippen molar-refractivity contribution in [3.63, 3.8) is 0 Å². The van der Waals surface area contributed by atoms with Gasteiger partial charge in [-0.05, 0) is 36.4 Å². The lowest BCUT2D eigenvalue weighted by Gasteiger charge is -2.07. The van der Waals surface area contributed by atoms with Crippen LogP contribution in [0.2, 0.25) is 0 Å². The van der Waals surface area contributed by atoms with Gasteiger partial charge in [-0.1, -0.05) is 28.9 Å². The zero-order valence-electron chi connectivity index (χ0n) is 10.2. The molecule has 1 N–H and O–H groups in total. The molecule has 1 heterocycles. The van der Waals surface area contributed by atoms with Crippen LogP contribution in [0, 0.1) is 0 Å². The van der Waals surface area contributed by atoms with Gasteiger partial charge >= 0.3 is 0 Å². The number of ether oxygens (including phenoxy) is 1. The summed E-state index contributed by atoms with van der Waals surface area (Å²) in [5.41, 5.74) is 1.16. The van der Waals surface area contributed by atoms with E-state index in [0.29, 0.717) is 5.88 Å². The van der Waals surface area contributed by atoms with Gasteiger partial charge in [0.2, 0.25) is 5.88 Å². The van der Waals surface area contributed by atoms with Crippen molar-refractivity contribution >= 4 is 15.9 Å². The Morgan fingerprint density at radius 3 is 2.94 bits per heavy atom. The Morgan fingerprint density at radius 1 is 1.28 bits per heavy atom. The van der Waals surface area contributed by atoms with E-state index in [1.54, 1.807) is 6.20 Å². The van der Waals surface area contributed by atoms with Crippen LogP contribution in [0.3, 0.4) is 0 Å². The zero-order valence-corrected chi connectivity index (χ0v) is 11.8. The minimum absolute atomic E-state index is 0.614. The third-order valence-corrected chi connectivity index (χ3v) is 2.89. The summed E-state index contributed by atoms with van der Waals surface area (Å²) in [4.78, 5) is 4.21. The van der Waals surface area contributed by atoms with E-state index in [4.69, 9.17) is 4.74 Å². The maximum atomic E-state index is 5.71. The molecule has 1 aromatic heterocycles. The van der Waals surface area contributed by atoms with Crippen LogP contribution >= 0.6 is 15.9 Å². The molecule has 0 aliphatic heterocycles. The molecule has 94 valence electrons. The van der Waals surface area contributed by atoms with Gasteiger partial charge in [0, 0.05) is 23.3 Å². The summed E-state index contributed by atoms with van der Waals surface area (Å²) in [6.07, 6.45) is 1.76. The molecule has 0 aliphatic carbocycles. The first-order chi connectivity index (χ1) is 8.78. The second-order valence-electron chi connectivity index (χ2n) is 3.84. The van der Waals surface area contributed by atoms with E-state index in [1.807, 2.05) is 36.4 Å². The monoisotopic (exact) mass is 306 g/mol. The summed E-state index contributed by atoms with van der Waals surface area (Å²) in [7, 11) is 0. The van der Waals surface area contributed by atoms with Gasteiger partial charge in [-0.2, -0.15) is 0 Å². The Balaban J connectivity index is 2.09. The molecule has 0 bridgehead atoms. The predicted molar refractivity (Wildman–Crippen MR) is 75.8 cm³/mol. The molecule has 0 saturated heterocycles. The highest BCUT2D eigenvalue weighted by molar-refractivity contribution is 9.10. The standard InChI is InChI=1S/C14H15BrN2O/c1-2-16-10-11-6-7-17-14(8-11)18-13-5-3-4-12(15)9-13/h3-9,16H,2,10H2,1H3. The Bertz CT molecular complexity index is 517. The van der Waals surface area contributed by atoms with Gasteiger partial charge in [0.05, 0.1) is 0 Å². The van der Waals surface area contributed by atoms with Crippen molar-refractivity contribution in [2.45, 2.75) is 13.5 Å². The van der Waals surface area contributed by atoms with Crippen molar-refractivity contribution < 1.29 is 4.74 Å². The van der Waals surface area contributed by atoms with E-state index in [1.165, 1.54) is 0 Å². The van der Waals surface area contributed by atoms with Gasteiger partial charge in [-0.25, -0.2) is 4.98 Å². The fourth-order valence-corrected chi connectivity index (χ4v) is 1.92. The minimum Gasteiger partial charge on any atom is -0.439 e. The molecule has 0 unspecified atom stereocenters. The Morgan fingerprint density at radius 2 is 2.17 bits per heavy atom. The van der Waals surface area contributed by atoms with E-state index in [0.717, 1.165) is 28.9 Å². The average Bonchev–Trinajstić information content (AvgIpc) is 2.37. The van der Waals surface area contributed by atoms with Crippen molar-refractivity contribution in [3.05, 3.63) is 52.6 Å². The lowest BCUT2D eigenvalue weighted by atomic mass is 10.2. The fraction of sp³-hybridized carbons (Fsp3) is 0.214. The van der Waals surface area contributed by atoms with E-state index in [2.05, 4.69) is 33.2 Å². The second kappa shape index (κ2) is 6.52. The predicted octanol–water partition coefficient (Wildman–Crippen LogP) is 3.75. The van der Waals surface area contributed by atoms with Crippen LogP contribution in [0.4, 0.5) is 0 Å². The largest absolute Gasteiger partial charge is 0.439 e. The van der Waals surface area contributed by atoms with Crippen molar-refractivity contribution in [1.29, 1.82) is 0 Å². The molecular weight excluding hydrogens is 292 g/mol.